The molecule has 5 unspecified atom stereocenters. The quantitative estimate of drug-likeness (QED) is 0.787. The Morgan fingerprint density at radius 3 is 2.55 bits per heavy atom. The van der Waals surface area contributed by atoms with Crippen LogP contribution >= 0.6 is 0 Å². The minimum Gasteiger partial charge on any atom is -0.458 e. The number of fused-ring (bicyclic) bond motifs is 1. The van der Waals surface area contributed by atoms with Gasteiger partial charge in [0.15, 0.2) is 0 Å². The minimum absolute atomic E-state index is 0.0407. The minimum atomic E-state index is -0.781. The third-order valence-corrected chi connectivity index (χ3v) is 5.78. The molecule has 0 aromatic heterocycles. The van der Waals surface area contributed by atoms with Gasteiger partial charge in [-0.2, -0.15) is 0 Å². The fourth-order valence-electron chi connectivity index (χ4n) is 3.60. The van der Waals surface area contributed by atoms with E-state index in [4.69, 9.17) is 15.2 Å². The summed E-state index contributed by atoms with van der Waals surface area (Å²) in [6.45, 7) is 7.24. The van der Waals surface area contributed by atoms with Crippen LogP contribution in [0.3, 0.4) is 0 Å². The van der Waals surface area contributed by atoms with Crippen LogP contribution < -0.4 is 5.73 Å². The zero-order valence-corrected chi connectivity index (χ0v) is 12.5. The largest absolute Gasteiger partial charge is 0.458 e. The van der Waals surface area contributed by atoms with Crippen molar-refractivity contribution in [3.8, 4) is 0 Å². The van der Waals surface area contributed by atoms with Crippen LogP contribution in [0.4, 0.5) is 0 Å². The summed E-state index contributed by atoms with van der Waals surface area (Å²) in [5, 5.41) is 0. The van der Waals surface area contributed by atoms with Crippen LogP contribution in [0.2, 0.25) is 0 Å². The van der Waals surface area contributed by atoms with Gasteiger partial charge >= 0.3 is 11.9 Å². The lowest BCUT2D eigenvalue weighted by Crippen LogP contribution is -2.54. The molecule has 5 atom stereocenters. The number of ether oxygens (including phenoxy) is 2. The van der Waals surface area contributed by atoms with Crippen LogP contribution in [0.1, 0.15) is 40.5 Å². The number of esters is 2. The normalized spacial score (nSPS) is 39.0. The van der Waals surface area contributed by atoms with E-state index in [-0.39, 0.29) is 41.9 Å². The van der Waals surface area contributed by atoms with Gasteiger partial charge in [-0.15, -0.1) is 0 Å². The number of hydrogen-bond donors (Lipinski definition) is 1. The zero-order chi connectivity index (χ0) is 14.9. The number of nitrogens with two attached hydrogens (primary N) is 1. The van der Waals surface area contributed by atoms with Crippen LogP contribution in [0.25, 0.3) is 0 Å². The lowest BCUT2D eigenvalue weighted by molar-refractivity contribution is -0.173. The number of carbonyl (C=O) groups excluding carboxylic acids is 2. The van der Waals surface area contributed by atoms with Crippen LogP contribution in [0.15, 0.2) is 0 Å². The molecule has 0 aromatic rings. The molecule has 2 N–H and O–H groups in total. The first-order valence-electron chi connectivity index (χ1n) is 7.33. The Balaban J connectivity index is 1.74. The summed E-state index contributed by atoms with van der Waals surface area (Å²) in [5.41, 5.74) is 4.62. The molecule has 20 heavy (non-hydrogen) atoms. The Bertz CT molecular complexity index is 465. The summed E-state index contributed by atoms with van der Waals surface area (Å²) in [4.78, 5) is 24.2. The number of hydrogen-bond acceptors (Lipinski definition) is 5. The van der Waals surface area contributed by atoms with Crippen molar-refractivity contribution in [1.29, 1.82) is 0 Å². The monoisotopic (exact) mass is 281 g/mol. The average molecular weight is 281 g/mol. The van der Waals surface area contributed by atoms with Crippen molar-refractivity contribution < 1.29 is 19.1 Å². The second-order valence-electron chi connectivity index (χ2n) is 7.62. The molecule has 1 saturated heterocycles. The Morgan fingerprint density at radius 1 is 1.30 bits per heavy atom. The van der Waals surface area contributed by atoms with E-state index in [1.807, 2.05) is 13.8 Å². The molecular formula is C15H23NO4. The molecule has 3 aliphatic rings. The standard InChI is InChI=1S/C15H23NO4/c1-14(2,15(3,4)16)13(18)20-10-7-5-8-9(6-7)12(17)19-11(8)10/h7-11H,5-6,16H2,1-4H3. The predicted octanol–water partition coefficient (Wildman–Crippen LogP) is 1.24. The lowest BCUT2D eigenvalue weighted by atomic mass is 9.75. The van der Waals surface area contributed by atoms with E-state index in [0.29, 0.717) is 0 Å². The van der Waals surface area contributed by atoms with E-state index in [1.165, 1.54) is 0 Å². The Morgan fingerprint density at radius 2 is 1.95 bits per heavy atom. The molecule has 1 aliphatic heterocycles. The van der Waals surface area contributed by atoms with E-state index in [2.05, 4.69) is 0 Å². The maximum atomic E-state index is 12.5. The summed E-state index contributed by atoms with van der Waals surface area (Å²) >= 11 is 0. The van der Waals surface area contributed by atoms with Gasteiger partial charge in [-0.3, -0.25) is 9.59 Å². The summed E-state index contributed by atoms with van der Waals surface area (Å²) in [6, 6.07) is 0. The van der Waals surface area contributed by atoms with Gasteiger partial charge in [0.05, 0.1) is 11.3 Å². The molecule has 3 rings (SSSR count). The average Bonchev–Trinajstić information content (AvgIpc) is 2.91. The van der Waals surface area contributed by atoms with E-state index >= 15 is 0 Å². The van der Waals surface area contributed by atoms with Crippen molar-refractivity contribution in [1.82, 2.24) is 0 Å². The van der Waals surface area contributed by atoms with Crippen LogP contribution in [0, 0.1) is 23.2 Å². The molecule has 0 radical (unpaired) electrons. The van der Waals surface area contributed by atoms with Gasteiger partial charge in [-0.1, -0.05) is 0 Å². The topological polar surface area (TPSA) is 78.6 Å². The highest BCUT2D eigenvalue weighted by atomic mass is 16.6. The third-order valence-electron chi connectivity index (χ3n) is 5.78. The lowest BCUT2D eigenvalue weighted by Gasteiger charge is -2.38. The molecule has 2 aliphatic carbocycles. The smallest absolute Gasteiger partial charge is 0.313 e. The first-order chi connectivity index (χ1) is 9.13. The van der Waals surface area contributed by atoms with E-state index in [0.717, 1.165) is 12.8 Å². The summed E-state index contributed by atoms with van der Waals surface area (Å²) in [7, 11) is 0. The van der Waals surface area contributed by atoms with E-state index in [1.54, 1.807) is 13.8 Å². The van der Waals surface area contributed by atoms with Crippen molar-refractivity contribution >= 4 is 11.9 Å². The van der Waals surface area contributed by atoms with Crippen LogP contribution in [-0.2, 0) is 19.1 Å². The van der Waals surface area contributed by atoms with Gasteiger partial charge in [0, 0.05) is 17.4 Å². The highest BCUT2D eigenvalue weighted by Gasteiger charge is 2.63. The van der Waals surface area contributed by atoms with Gasteiger partial charge < -0.3 is 15.2 Å². The maximum Gasteiger partial charge on any atom is 0.313 e. The molecule has 1 heterocycles. The molecule has 0 amide bonds. The van der Waals surface area contributed by atoms with Crippen molar-refractivity contribution in [2.75, 3.05) is 0 Å². The molecule has 5 nitrogen and oxygen atoms in total. The Hall–Kier alpha value is -1.10. The summed E-state index contributed by atoms with van der Waals surface area (Å²) in [6.07, 6.45) is 1.22. The second-order valence-corrected chi connectivity index (χ2v) is 7.62. The van der Waals surface area contributed by atoms with E-state index < -0.39 is 11.0 Å². The molecule has 2 saturated carbocycles. The van der Waals surface area contributed by atoms with Gasteiger partial charge in [0.2, 0.25) is 0 Å². The molecule has 2 bridgehead atoms. The van der Waals surface area contributed by atoms with Crippen molar-refractivity contribution in [2.45, 2.75) is 58.3 Å². The maximum absolute atomic E-state index is 12.5. The van der Waals surface area contributed by atoms with E-state index in [9.17, 15) is 9.59 Å². The van der Waals surface area contributed by atoms with Gasteiger partial charge in [-0.25, -0.2) is 0 Å². The van der Waals surface area contributed by atoms with Gasteiger partial charge in [0.1, 0.15) is 12.2 Å². The number of carbonyl (C=O) groups is 2. The zero-order valence-electron chi connectivity index (χ0n) is 12.5. The molecular weight excluding hydrogens is 258 g/mol. The third kappa shape index (κ3) is 1.72. The molecule has 3 fully saturated rings. The van der Waals surface area contributed by atoms with Gasteiger partial charge in [0.25, 0.3) is 0 Å². The first kappa shape index (κ1) is 13.9. The summed E-state index contributed by atoms with van der Waals surface area (Å²) < 4.78 is 11.1. The highest BCUT2D eigenvalue weighted by Crippen LogP contribution is 2.55. The second kappa shape index (κ2) is 3.97. The highest BCUT2D eigenvalue weighted by molar-refractivity contribution is 5.79. The predicted molar refractivity (Wildman–Crippen MR) is 71.5 cm³/mol. The van der Waals surface area contributed by atoms with Crippen LogP contribution in [-0.4, -0.2) is 29.7 Å². The van der Waals surface area contributed by atoms with Gasteiger partial charge in [-0.05, 0) is 40.5 Å². The number of rotatable bonds is 3. The van der Waals surface area contributed by atoms with Crippen LogP contribution in [0.5, 0.6) is 0 Å². The molecule has 5 heteroatoms. The Labute approximate surface area is 119 Å². The molecule has 0 aromatic carbocycles. The van der Waals surface area contributed by atoms with Crippen molar-refractivity contribution in [3.05, 3.63) is 0 Å². The fourth-order valence-corrected chi connectivity index (χ4v) is 3.60. The first-order valence-corrected chi connectivity index (χ1v) is 7.33. The summed E-state index contributed by atoms with van der Waals surface area (Å²) in [5.74, 6) is 0.141. The SMILES string of the molecule is CC(C)(N)C(C)(C)C(=O)OC1C2CC3C(=O)OC1C3C2. The Kier molecular flexibility index (Phi) is 2.75. The fraction of sp³-hybridized carbons (Fsp3) is 0.867. The van der Waals surface area contributed by atoms with Crippen molar-refractivity contribution in [3.63, 3.8) is 0 Å². The molecule has 0 spiro atoms. The van der Waals surface area contributed by atoms with Crippen molar-refractivity contribution in [2.24, 2.45) is 28.9 Å². The molecule has 112 valence electrons.